The third-order valence-electron chi connectivity index (χ3n) is 0. The SMILES string of the molecule is [Cr+3].[Hg+].[Te-2].[Te-2]. The molecule has 0 aliphatic rings. The molecule has 0 aromatic rings. The molecule has 0 aliphatic heterocycles. The van der Waals surface area contributed by atoms with E-state index in [0.29, 0.717) is 0 Å². The fourth-order valence-electron chi connectivity index (χ4n) is 0. The predicted octanol–water partition coefficient (Wildman–Crippen LogP) is -0.767. The molecule has 2 radical (unpaired) electrons. The molecule has 4 heavy (non-hydrogen) atoms. The fraction of sp³-hybridized carbons (Fsp3) is 0. The molecule has 0 unspecified atom stereocenters. The second kappa shape index (κ2) is 16.6. The van der Waals surface area contributed by atoms with Crippen LogP contribution in [0.25, 0.3) is 0 Å². The minimum atomic E-state index is 0. The first-order valence-electron chi connectivity index (χ1n) is 0. The minimum Gasteiger partial charge on any atom is -2.00 e. The largest absolute Gasteiger partial charge is 3.00 e. The Balaban J connectivity index is 0. The normalized spacial score (nSPS) is 0. The molecule has 0 saturated carbocycles. The number of hydrogen-bond acceptors (Lipinski definition) is 0. The van der Waals surface area contributed by atoms with Gasteiger partial charge in [0.15, 0.2) is 0 Å². The topological polar surface area (TPSA) is 0 Å². The van der Waals surface area contributed by atoms with Crippen molar-refractivity contribution in [3.63, 3.8) is 0 Å². The molecule has 0 nitrogen and oxygen atoms in total. The molecular formula is CrHgTe2. The molecule has 0 N–H and O–H groups in total. The average molecular weight is 508 g/mol. The number of hydrogen-bond donors (Lipinski definition) is 0. The molecule has 0 aromatic heterocycles. The second-order valence-corrected chi connectivity index (χ2v) is 0. The Labute approximate surface area is 90.6 Å². The Morgan fingerprint density at radius 2 is 0.750 bits per heavy atom. The van der Waals surface area contributed by atoms with Crippen molar-refractivity contribution in [1.82, 2.24) is 0 Å². The van der Waals surface area contributed by atoms with Crippen LogP contribution in [-0.4, -0.2) is 47.3 Å². The van der Waals surface area contributed by atoms with Crippen molar-refractivity contribution in [3.05, 3.63) is 0 Å². The third kappa shape index (κ3) is 8.90. The van der Waals surface area contributed by atoms with Crippen LogP contribution < -0.4 is 0 Å². The van der Waals surface area contributed by atoms with Gasteiger partial charge in [0.05, 0.1) is 0 Å². The van der Waals surface area contributed by atoms with E-state index in [4.69, 9.17) is 0 Å². The Kier molecular flexibility index (Phi) is 115. The summed E-state index contributed by atoms with van der Waals surface area (Å²) in [6, 6.07) is 0. The average Bonchev–Trinajstić information content (AvgIpc) is 0. The summed E-state index contributed by atoms with van der Waals surface area (Å²) in [7, 11) is 0. The molecule has 20 valence electrons. The van der Waals surface area contributed by atoms with Crippen molar-refractivity contribution in [2.45, 2.75) is 0 Å². The first kappa shape index (κ1) is 27.8. The van der Waals surface area contributed by atoms with E-state index < -0.39 is 0 Å². The van der Waals surface area contributed by atoms with Crippen LogP contribution in [0.1, 0.15) is 0 Å². The summed E-state index contributed by atoms with van der Waals surface area (Å²) in [6.07, 6.45) is 0. The van der Waals surface area contributed by atoms with Crippen LogP contribution in [0.3, 0.4) is 0 Å². The van der Waals surface area contributed by atoms with Gasteiger partial charge in [0.25, 0.3) is 0 Å². The van der Waals surface area contributed by atoms with Gasteiger partial charge in [-0.15, -0.1) is 0 Å². The van der Waals surface area contributed by atoms with Crippen molar-refractivity contribution in [2.75, 3.05) is 0 Å². The van der Waals surface area contributed by atoms with Gasteiger partial charge in [-0.05, 0) is 0 Å². The number of rotatable bonds is 0. The van der Waals surface area contributed by atoms with Crippen molar-refractivity contribution in [1.29, 1.82) is 0 Å². The fourth-order valence-corrected chi connectivity index (χ4v) is 0. The van der Waals surface area contributed by atoms with Gasteiger partial charge in [-0.3, -0.25) is 0 Å². The van der Waals surface area contributed by atoms with Gasteiger partial charge in [0.1, 0.15) is 0 Å². The maximum absolute atomic E-state index is 0. The minimum absolute atomic E-state index is 0. The van der Waals surface area contributed by atoms with Crippen LogP contribution in [0.15, 0.2) is 0 Å². The summed E-state index contributed by atoms with van der Waals surface area (Å²) < 4.78 is 0. The summed E-state index contributed by atoms with van der Waals surface area (Å²) in [4.78, 5) is 0. The monoisotopic (exact) mass is 514 g/mol. The van der Waals surface area contributed by atoms with Crippen molar-refractivity contribution in [2.24, 2.45) is 0 Å². The summed E-state index contributed by atoms with van der Waals surface area (Å²) in [5.41, 5.74) is 0. The molecular weight excluding hydrogens is 508 g/mol. The molecule has 0 rings (SSSR count). The molecule has 0 aromatic carbocycles. The van der Waals surface area contributed by atoms with E-state index in [1.807, 2.05) is 0 Å². The van der Waals surface area contributed by atoms with Crippen LogP contribution in [0.5, 0.6) is 0 Å². The quantitative estimate of drug-likeness (QED) is 0.378. The van der Waals surface area contributed by atoms with Crippen molar-refractivity contribution >= 4 is 47.3 Å². The van der Waals surface area contributed by atoms with Gasteiger partial charge >= 0.3 is 45.0 Å². The van der Waals surface area contributed by atoms with Gasteiger partial charge in [-0.25, -0.2) is 0 Å². The first-order valence-corrected chi connectivity index (χ1v) is 0. The zero-order chi connectivity index (χ0) is 0. The van der Waals surface area contributed by atoms with E-state index in [2.05, 4.69) is 0 Å². The van der Waals surface area contributed by atoms with Gasteiger partial charge in [-0.2, -0.15) is 0 Å². The van der Waals surface area contributed by atoms with E-state index in [1.54, 1.807) is 0 Å². The molecule has 0 amide bonds. The van der Waals surface area contributed by atoms with Crippen LogP contribution >= 0.6 is 0 Å². The summed E-state index contributed by atoms with van der Waals surface area (Å²) in [5, 5.41) is 0. The summed E-state index contributed by atoms with van der Waals surface area (Å²) in [5.74, 6) is 0. The van der Waals surface area contributed by atoms with E-state index >= 15 is 0 Å². The Morgan fingerprint density at radius 3 is 0.750 bits per heavy atom. The zero-order valence-corrected chi connectivity index (χ0v) is 13.4. The molecule has 4 heteroatoms. The van der Waals surface area contributed by atoms with Gasteiger partial charge in [0.2, 0.25) is 0 Å². The van der Waals surface area contributed by atoms with E-state index in [9.17, 15) is 0 Å². The maximum atomic E-state index is 0. The summed E-state index contributed by atoms with van der Waals surface area (Å²) >= 11 is 0. The van der Waals surface area contributed by atoms with Crippen LogP contribution in [0, 0.1) is 0 Å². The smallest absolute Gasteiger partial charge is 2.00 e. The Bertz CT molecular complexity index is 6.00. The Hall–Kier alpha value is 3.05. The van der Waals surface area contributed by atoms with E-state index in [-0.39, 0.29) is 92.4 Å². The first-order chi connectivity index (χ1) is 0. The van der Waals surface area contributed by atoms with Crippen LogP contribution in [0.4, 0.5) is 0 Å². The molecule has 0 heterocycles. The molecule has 0 saturated heterocycles. The Morgan fingerprint density at radius 1 is 0.750 bits per heavy atom. The van der Waals surface area contributed by atoms with Gasteiger partial charge < -0.3 is 47.3 Å². The van der Waals surface area contributed by atoms with Crippen molar-refractivity contribution < 1.29 is 45.0 Å². The standard InChI is InChI=1S/Cr.Hg.2Te/q+3;+1;2*-2. The van der Waals surface area contributed by atoms with Crippen LogP contribution in [0.2, 0.25) is 0 Å². The molecule has 0 spiro atoms. The molecule has 0 fully saturated rings. The molecule has 0 atom stereocenters. The van der Waals surface area contributed by atoms with E-state index in [0.717, 1.165) is 0 Å². The van der Waals surface area contributed by atoms with Gasteiger partial charge in [0, 0.05) is 0 Å². The molecule has 0 aliphatic carbocycles. The van der Waals surface area contributed by atoms with E-state index in [1.165, 1.54) is 0 Å². The molecule has 0 bridgehead atoms. The zero-order valence-electron chi connectivity index (χ0n) is 1.93. The van der Waals surface area contributed by atoms with Crippen LogP contribution in [-0.2, 0) is 45.0 Å². The summed E-state index contributed by atoms with van der Waals surface area (Å²) in [6.45, 7) is 0. The van der Waals surface area contributed by atoms with Crippen molar-refractivity contribution in [3.8, 4) is 0 Å². The van der Waals surface area contributed by atoms with Gasteiger partial charge in [-0.1, -0.05) is 0 Å². The third-order valence-corrected chi connectivity index (χ3v) is 0. The predicted molar refractivity (Wildman–Crippen MR) is 11.5 cm³/mol. The maximum Gasteiger partial charge on any atom is 3.00 e. The second-order valence-electron chi connectivity index (χ2n) is 0.